The number of carbonyl (C=O) groups excluding carboxylic acids is 4. The number of halogens is 2. The molecule has 2 aromatic carbocycles. The minimum atomic E-state index is -0.699. The van der Waals surface area contributed by atoms with Gasteiger partial charge in [-0.25, -0.2) is 13.8 Å². The molecule has 0 bridgehead atoms. The molecule has 0 saturated carbocycles. The molecule has 4 aromatic rings. The Morgan fingerprint density at radius 3 is 2.20 bits per heavy atom. The summed E-state index contributed by atoms with van der Waals surface area (Å²) in [5.74, 6) is -0.998. The zero-order valence-corrected chi connectivity index (χ0v) is 36.1. The first-order chi connectivity index (χ1) is 28.4. The lowest BCUT2D eigenvalue weighted by Gasteiger charge is -2.31. The molecule has 59 heavy (non-hydrogen) atoms. The number of nitrogens with zero attached hydrogens (tertiary/aromatic N) is 4. The van der Waals surface area contributed by atoms with Gasteiger partial charge in [0.05, 0.1) is 23.3 Å². The number of aromatic amines is 1. The van der Waals surface area contributed by atoms with Crippen LogP contribution >= 0.6 is 0 Å². The molecule has 0 radical (unpaired) electrons. The third-order valence-electron chi connectivity index (χ3n) is 11.0. The Morgan fingerprint density at radius 2 is 1.58 bits per heavy atom. The summed E-state index contributed by atoms with van der Waals surface area (Å²) in [5.41, 5.74) is 3.17. The normalized spacial score (nSPS) is 17.3. The number of imidazole rings is 1. The van der Waals surface area contributed by atoms with Crippen molar-refractivity contribution in [1.29, 1.82) is 0 Å². The van der Waals surface area contributed by atoms with Gasteiger partial charge in [-0.05, 0) is 101 Å². The van der Waals surface area contributed by atoms with Crippen molar-refractivity contribution >= 4 is 46.1 Å². The Morgan fingerprint density at radius 1 is 0.932 bits per heavy atom. The van der Waals surface area contributed by atoms with E-state index in [1.165, 1.54) is 24.3 Å². The number of hydrogen-bond donors (Lipinski definition) is 5. The van der Waals surface area contributed by atoms with E-state index in [1.807, 2.05) is 56.0 Å². The van der Waals surface area contributed by atoms with Crippen LogP contribution < -0.4 is 21.3 Å². The molecular formula is C44H65F2N9O4. The van der Waals surface area contributed by atoms with Crippen LogP contribution in [0.3, 0.4) is 0 Å². The van der Waals surface area contributed by atoms with Crippen LogP contribution in [0.4, 0.5) is 8.78 Å². The fourth-order valence-corrected chi connectivity index (χ4v) is 8.14. The SMILES string of the molecule is CC.CCCC(NC=O)C(=O)N1CCCC1Cc1c(-c2nc3cc(F)ccc3n2CC2CCCN2C(=O)C(NC(=O)CNC)C(C)C)[nH]c2cc(F)ccc12.CCNC. The fourth-order valence-electron chi connectivity index (χ4n) is 8.14. The van der Waals surface area contributed by atoms with E-state index in [1.54, 1.807) is 19.2 Å². The maximum absolute atomic E-state index is 14.7. The standard InChI is InChI=1S/C39H50F2N8O4.C3H9N.C2H6/c1-5-8-30(43-22-50)38(52)47-15-6-9-26(47)19-29-28-13-11-24(40)17-31(28)44-36(29)37-45-32-18-25(41)12-14-33(32)49(37)21-27-10-7-16-48(27)39(53)35(23(2)3)46-34(51)20-42-4;1-3-4-2;1-2/h11-14,17-18,22-23,26-27,30,35,42,44H,5-10,15-16,19-21H2,1-4H3,(H,43,50)(H,46,51);4H,3H2,1-2H3;1-2H3. The van der Waals surface area contributed by atoms with Crippen LogP contribution in [-0.4, -0.2) is 113 Å². The van der Waals surface area contributed by atoms with Gasteiger partial charge in [0.15, 0.2) is 5.82 Å². The summed E-state index contributed by atoms with van der Waals surface area (Å²) in [6.45, 7) is 14.5. The third kappa shape index (κ3) is 11.2. The number of rotatable bonds is 16. The lowest BCUT2D eigenvalue weighted by Crippen LogP contribution is -2.54. The quantitative estimate of drug-likeness (QED) is 0.0934. The van der Waals surface area contributed by atoms with Gasteiger partial charge in [-0.1, -0.05) is 48.0 Å². The molecule has 324 valence electrons. The van der Waals surface area contributed by atoms with E-state index in [4.69, 9.17) is 4.98 Å². The number of H-pyrrole nitrogens is 1. The summed E-state index contributed by atoms with van der Waals surface area (Å²) in [6, 6.07) is 7.30. The van der Waals surface area contributed by atoms with Gasteiger partial charge in [0.2, 0.25) is 24.1 Å². The number of aromatic nitrogens is 3. The molecule has 0 aliphatic carbocycles. The van der Waals surface area contributed by atoms with E-state index in [2.05, 4.69) is 33.2 Å². The second kappa shape index (κ2) is 22.5. The monoisotopic (exact) mass is 822 g/mol. The molecule has 4 amide bonds. The first-order valence-electron chi connectivity index (χ1n) is 21.3. The molecule has 13 nitrogen and oxygen atoms in total. The second-order valence-electron chi connectivity index (χ2n) is 15.4. The highest BCUT2D eigenvalue weighted by atomic mass is 19.1. The molecule has 2 aromatic heterocycles. The van der Waals surface area contributed by atoms with Crippen LogP contribution in [0.15, 0.2) is 36.4 Å². The highest BCUT2D eigenvalue weighted by molar-refractivity contribution is 5.92. The summed E-state index contributed by atoms with van der Waals surface area (Å²) in [5, 5.41) is 12.2. The average Bonchev–Trinajstić information content (AvgIpc) is 4.03. The van der Waals surface area contributed by atoms with Crippen molar-refractivity contribution < 1.29 is 28.0 Å². The molecular weight excluding hydrogens is 757 g/mol. The van der Waals surface area contributed by atoms with Crippen molar-refractivity contribution in [3.05, 3.63) is 53.6 Å². The van der Waals surface area contributed by atoms with E-state index < -0.39 is 23.7 Å². The first-order valence-corrected chi connectivity index (χ1v) is 21.3. The minimum absolute atomic E-state index is 0.0966. The molecule has 2 aliphatic heterocycles. The van der Waals surface area contributed by atoms with Crippen molar-refractivity contribution in [3.8, 4) is 11.5 Å². The predicted octanol–water partition coefficient (Wildman–Crippen LogP) is 5.51. The van der Waals surface area contributed by atoms with E-state index >= 15 is 0 Å². The van der Waals surface area contributed by atoms with Crippen molar-refractivity contribution in [3.63, 3.8) is 0 Å². The lowest BCUT2D eigenvalue weighted by molar-refractivity contribution is -0.138. The van der Waals surface area contributed by atoms with E-state index in [0.717, 1.165) is 49.6 Å². The van der Waals surface area contributed by atoms with Gasteiger partial charge in [0, 0.05) is 48.7 Å². The van der Waals surface area contributed by atoms with E-state index in [9.17, 15) is 28.0 Å². The zero-order valence-electron chi connectivity index (χ0n) is 36.1. The smallest absolute Gasteiger partial charge is 0.245 e. The van der Waals surface area contributed by atoms with Gasteiger partial charge in [-0.3, -0.25) is 19.2 Å². The third-order valence-corrected chi connectivity index (χ3v) is 11.0. The molecule has 5 N–H and O–H groups in total. The zero-order chi connectivity index (χ0) is 43.2. The number of carbonyl (C=O) groups is 4. The Bertz CT molecular complexity index is 2010. The van der Waals surface area contributed by atoms with Crippen LogP contribution in [0.2, 0.25) is 0 Å². The topological polar surface area (TPSA) is 156 Å². The molecule has 2 fully saturated rings. The maximum Gasteiger partial charge on any atom is 0.245 e. The number of likely N-dealkylation sites (tertiary alicyclic amines) is 2. The number of likely N-dealkylation sites (N-methyl/N-ethyl adjacent to an activating group) is 1. The molecule has 15 heteroatoms. The summed E-state index contributed by atoms with van der Waals surface area (Å²) >= 11 is 0. The van der Waals surface area contributed by atoms with E-state index in [0.29, 0.717) is 67.0 Å². The van der Waals surface area contributed by atoms with Gasteiger partial charge in [-0.2, -0.15) is 0 Å². The van der Waals surface area contributed by atoms with Crippen LogP contribution in [0.1, 0.15) is 85.6 Å². The van der Waals surface area contributed by atoms with Gasteiger partial charge in [-0.15, -0.1) is 0 Å². The molecule has 4 atom stereocenters. The Balaban J connectivity index is 0.00000121. The highest BCUT2D eigenvalue weighted by Crippen LogP contribution is 2.37. The number of nitrogens with one attached hydrogen (secondary N) is 5. The Hall–Kier alpha value is -4.89. The molecule has 4 heterocycles. The van der Waals surface area contributed by atoms with Gasteiger partial charge < -0.3 is 40.6 Å². The first kappa shape index (κ1) is 46.8. The summed E-state index contributed by atoms with van der Waals surface area (Å²) in [6.07, 6.45) is 5.34. The van der Waals surface area contributed by atoms with E-state index in [-0.39, 0.29) is 42.3 Å². The second-order valence-corrected chi connectivity index (χ2v) is 15.4. The molecule has 2 aliphatic rings. The minimum Gasteiger partial charge on any atom is -0.352 e. The molecule has 0 spiro atoms. The number of benzene rings is 2. The highest BCUT2D eigenvalue weighted by Gasteiger charge is 2.37. The Labute approximate surface area is 347 Å². The van der Waals surface area contributed by atoms with Crippen LogP contribution in [-0.2, 0) is 32.1 Å². The largest absolute Gasteiger partial charge is 0.352 e. The van der Waals surface area contributed by atoms with Crippen molar-refractivity contribution in [2.24, 2.45) is 5.92 Å². The van der Waals surface area contributed by atoms with Crippen LogP contribution in [0, 0.1) is 17.6 Å². The van der Waals surface area contributed by atoms with Crippen molar-refractivity contribution in [2.75, 3.05) is 40.3 Å². The van der Waals surface area contributed by atoms with Crippen LogP contribution in [0.25, 0.3) is 33.5 Å². The van der Waals surface area contributed by atoms with Crippen molar-refractivity contribution in [2.45, 2.75) is 117 Å². The van der Waals surface area contributed by atoms with Gasteiger partial charge in [0.25, 0.3) is 0 Å². The summed E-state index contributed by atoms with van der Waals surface area (Å²) < 4.78 is 31.4. The molecule has 4 unspecified atom stereocenters. The average molecular weight is 822 g/mol. The van der Waals surface area contributed by atoms with Crippen LogP contribution in [0.5, 0.6) is 0 Å². The number of hydrogen-bond acceptors (Lipinski definition) is 7. The van der Waals surface area contributed by atoms with Gasteiger partial charge in [0.1, 0.15) is 23.7 Å². The molecule has 2 saturated heterocycles. The number of fused-ring (bicyclic) bond motifs is 2. The summed E-state index contributed by atoms with van der Waals surface area (Å²) in [4.78, 5) is 63.8. The fraction of sp³-hybridized carbons (Fsp3) is 0.568. The summed E-state index contributed by atoms with van der Waals surface area (Å²) in [7, 11) is 3.61. The lowest BCUT2D eigenvalue weighted by atomic mass is 9.99. The predicted molar refractivity (Wildman–Crippen MR) is 230 cm³/mol. The van der Waals surface area contributed by atoms with Gasteiger partial charge >= 0.3 is 0 Å². The maximum atomic E-state index is 14.7. The molecule has 6 rings (SSSR count). The van der Waals surface area contributed by atoms with Crippen molar-refractivity contribution in [1.82, 2.24) is 45.6 Å². The Kier molecular flexibility index (Phi) is 17.8. The number of amides is 4.